The number of carbonyl (C=O) groups excluding carboxylic acids is 1. The van der Waals surface area contributed by atoms with Gasteiger partial charge < -0.3 is 4.57 Å². The number of rotatable bonds is 5. The van der Waals surface area contributed by atoms with E-state index in [0.717, 1.165) is 28.8 Å². The standard InChI is InChI=1S/C24H20N2O/c1-19-25-17-23(18-27)26(19)24(20-11-5-2-6-12-20,21-13-7-3-8-14-21)22-15-9-4-10-16-22/h2-18H,1H3. The minimum atomic E-state index is -0.694. The summed E-state index contributed by atoms with van der Waals surface area (Å²) in [5.74, 6) is 0.786. The summed E-state index contributed by atoms with van der Waals surface area (Å²) < 4.78 is 2.04. The number of hydrogen-bond donors (Lipinski definition) is 0. The van der Waals surface area contributed by atoms with Crippen molar-refractivity contribution in [3.05, 3.63) is 125 Å². The van der Waals surface area contributed by atoms with Gasteiger partial charge in [-0.3, -0.25) is 4.79 Å². The van der Waals surface area contributed by atoms with Crippen molar-refractivity contribution in [2.75, 3.05) is 0 Å². The van der Waals surface area contributed by atoms with Crippen LogP contribution in [0.2, 0.25) is 0 Å². The van der Waals surface area contributed by atoms with Crippen LogP contribution in [0.1, 0.15) is 33.0 Å². The smallest absolute Gasteiger partial charge is 0.168 e. The second-order valence-corrected chi connectivity index (χ2v) is 6.49. The molecular weight excluding hydrogens is 332 g/mol. The summed E-state index contributed by atoms with van der Waals surface area (Å²) in [7, 11) is 0. The van der Waals surface area contributed by atoms with Crippen molar-refractivity contribution in [3.8, 4) is 0 Å². The summed E-state index contributed by atoms with van der Waals surface area (Å²) in [5, 5.41) is 0. The zero-order valence-corrected chi connectivity index (χ0v) is 15.1. The molecule has 0 unspecified atom stereocenters. The molecule has 132 valence electrons. The maximum atomic E-state index is 11.9. The number of aromatic nitrogens is 2. The zero-order valence-electron chi connectivity index (χ0n) is 15.1. The maximum Gasteiger partial charge on any atom is 0.168 e. The van der Waals surface area contributed by atoms with E-state index in [4.69, 9.17) is 0 Å². The predicted octanol–water partition coefficient (Wildman–Crippen LogP) is 4.84. The molecule has 3 nitrogen and oxygen atoms in total. The van der Waals surface area contributed by atoms with Crippen molar-refractivity contribution in [1.82, 2.24) is 9.55 Å². The molecule has 0 atom stereocenters. The van der Waals surface area contributed by atoms with E-state index in [9.17, 15) is 4.79 Å². The first kappa shape index (κ1) is 17.0. The summed E-state index contributed by atoms with van der Waals surface area (Å²) in [6.45, 7) is 1.94. The normalized spacial score (nSPS) is 11.3. The fraction of sp³-hybridized carbons (Fsp3) is 0.0833. The molecule has 0 N–H and O–H groups in total. The Morgan fingerprint density at radius 3 is 1.52 bits per heavy atom. The molecule has 0 aliphatic rings. The highest BCUT2D eigenvalue weighted by Crippen LogP contribution is 2.42. The van der Waals surface area contributed by atoms with E-state index in [1.807, 2.05) is 66.1 Å². The third-order valence-corrected chi connectivity index (χ3v) is 5.00. The van der Waals surface area contributed by atoms with Crippen LogP contribution < -0.4 is 0 Å². The van der Waals surface area contributed by atoms with E-state index in [1.54, 1.807) is 6.20 Å². The summed E-state index contributed by atoms with van der Waals surface area (Å²) in [4.78, 5) is 16.4. The molecule has 4 rings (SSSR count). The van der Waals surface area contributed by atoms with Gasteiger partial charge in [-0.05, 0) is 23.6 Å². The highest BCUT2D eigenvalue weighted by atomic mass is 16.1. The topological polar surface area (TPSA) is 34.9 Å². The number of imidazole rings is 1. The second-order valence-electron chi connectivity index (χ2n) is 6.49. The van der Waals surface area contributed by atoms with Crippen LogP contribution in [-0.4, -0.2) is 15.8 Å². The van der Waals surface area contributed by atoms with Gasteiger partial charge in [0.15, 0.2) is 6.29 Å². The first-order chi connectivity index (χ1) is 13.3. The highest BCUT2D eigenvalue weighted by Gasteiger charge is 2.40. The van der Waals surface area contributed by atoms with Gasteiger partial charge in [0.25, 0.3) is 0 Å². The van der Waals surface area contributed by atoms with Gasteiger partial charge >= 0.3 is 0 Å². The Morgan fingerprint density at radius 2 is 1.15 bits per heavy atom. The van der Waals surface area contributed by atoms with Crippen molar-refractivity contribution in [2.24, 2.45) is 0 Å². The van der Waals surface area contributed by atoms with Gasteiger partial charge in [-0.1, -0.05) is 91.0 Å². The average Bonchev–Trinajstić information content (AvgIpc) is 3.12. The number of hydrogen-bond acceptors (Lipinski definition) is 2. The van der Waals surface area contributed by atoms with Gasteiger partial charge in [-0.2, -0.15) is 0 Å². The van der Waals surface area contributed by atoms with E-state index in [0.29, 0.717) is 5.69 Å². The van der Waals surface area contributed by atoms with Crippen molar-refractivity contribution < 1.29 is 4.79 Å². The number of aldehydes is 1. The van der Waals surface area contributed by atoms with Gasteiger partial charge in [0.05, 0.1) is 6.20 Å². The van der Waals surface area contributed by atoms with Crippen LogP contribution in [0, 0.1) is 6.92 Å². The van der Waals surface area contributed by atoms with E-state index in [1.165, 1.54) is 0 Å². The van der Waals surface area contributed by atoms with Crippen LogP contribution in [0.3, 0.4) is 0 Å². The van der Waals surface area contributed by atoms with Crippen molar-refractivity contribution in [1.29, 1.82) is 0 Å². The molecule has 0 radical (unpaired) electrons. The molecule has 27 heavy (non-hydrogen) atoms. The first-order valence-electron chi connectivity index (χ1n) is 8.95. The molecule has 4 aromatic rings. The number of nitrogens with zero attached hydrogens (tertiary/aromatic N) is 2. The first-order valence-corrected chi connectivity index (χ1v) is 8.95. The second kappa shape index (κ2) is 7.04. The molecule has 3 heteroatoms. The van der Waals surface area contributed by atoms with E-state index in [-0.39, 0.29) is 0 Å². The fourth-order valence-electron chi connectivity index (χ4n) is 3.91. The number of aryl methyl sites for hydroxylation is 1. The van der Waals surface area contributed by atoms with Crippen molar-refractivity contribution >= 4 is 6.29 Å². The quantitative estimate of drug-likeness (QED) is 0.380. The summed E-state index contributed by atoms with van der Waals surface area (Å²) in [5.41, 5.74) is 3.08. The zero-order chi connectivity index (χ0) is 18.7. The molecule has 0 bridgehead atoms. The SMILES string of the molecule is Cc1ncc(C=O)n1C(c1ccccc1)(c1ccccc1)c1ccccc1. The van der Waals surface area contributed by atoms with Gasteiger partial charge in [-0.25, -0.2) is 4.98 Å². The summed E-state index contributed by atoms with van der Waals surface area (Å²) in [6.07, 6.45) is 2.52. The Balaban J connectivity index is 2.20. The molecule has 3 aromatic carbocycles. The minimum Gasteiger partial charge on any atom is -0.307 e. The van der Waals surface area contributed by atoms with Crippen LogP contribution in [0.25, 0.3) is 0 Å². The van der Waals surface area contributed by atoms with Crippen molar-refractivity contribution in [3.63, 3.8) is 0 Å². The van der Waals surface area contributed by atoms with Crippen LogP contribution in [0.5, 0.6) is 0 Å². The molecule has 0 saturated heterocycles. The molecule has 0 spiro atoms. The predicted molar refractivity (Wildman–Crippen MR) is 107 cm³/mol. The molecule has 1 aromatic heterocycles. The number of carbonyl (C=O) groups is 1. The van der Waals surface area contributed by atoms with E-state index < -0.39 is 5.54 Å². The Morgan fingerprint density at radius 1 is 0.741 bits per heavy atom. The van der Waals surface area contributed by atoms with Gasteiger partial charge in [0, 0.05) is 0 Å². The van der Waals surface area contributed by atoms with Gasteiger partial charge in [0.2, 0.25) is 0 Å². The summed E-state index contributed by atoms with van der Waals surface area (Å²) >= 11 is 0. The monoisotopic (exact) mass is 352 g/mol. The Labute approximate surface area is 158 Å². The molecule has 0 amide bonds. The van der Waals surface area contributed by atoms with Gasteiger partial charge in [0.1, 0.15) is 17.1 Å². The Bertz CT molecular complexity index is 941. The lowest BCUT2D eigenvalue weighted by Gasteiger charge is -2.39. The summed E-state index contributed by atoms with van der Waals surface area (Å²) in [6, 6.07) is 30.8. The van der Waals surface area contributed by atoms with E-state index >= 15 is 0 Å². The molecule has 0 aliphatic heterocycles. The van der Waals surface area contributed by atoms with Crippen LogP contribution in [-0.2, 0) is 5.54 Å². The van der Waals surface area contributed by atoms with Crippen LogP contribution >= 0.6 is 0 Å². The third kappa shape index (κ3) is 2.68. The molecule has 0 saturated carbocycles. The van der Waals surface area contributed by atoms with E-state index in [2.05, 4.69) is 41.4 Å². The molecule has 0 fully saturated rings. The highest BCUT2D eigenvalue weighted by molar-refractivity contribution is 5.73. The minimum absolute atomic E-state index is 0.545. The molecular formula is C24H20N2O. The molecule has 1 heterocycles. The largest absolute Gasteiger partial charge is 0.307 e. The van der Waals surface area contributed by atoms with Gasteiger partial charge in [-0.15, -0.1) is 0 Å². The van der Waals surface area contributed by atoms with Crippen LogP contribution in [0.4, 0.5) is 0 Å². The average molecular weight is 352 g/mol. The Hall–Kier alpha value is -3.46. The molecule has 0 aliphatic carbocycles. The Kier molecular flexibility index (Phi) is 4.43. The third-order valence-electron chi connectivity index (χ3n) is 5.00. The lowest BCUT2D eigenvalue weighted by Crippen LogP contribution is -2.39. The number of benzene rings is 3. The van der Waals surface area contributed by atoms with Crippen molar-refractivity contribution in [2.45, 2.75) is 12.5 Å². The lowest BCUT2D eigenvalue weighted by molar-refractivity contribution is 0.111. The maximum absolute atomic E-state index is 11.9. The van der Waals surface area contributed by atoms with Crippen LogP contribution in [0.15, 0.2) is 97.2 Å². The fourth-order valence-corrected chi connectivity index (χ4v) is 3.91. The lowest BCUT2D eigenvalue weighted by atomic mass is 9.76.